The first-order valence-corrected chi connectivity index (χ1v) is 7.25. The predicted molar refractivity (Wildman–Crippen MR) is 83.9 cm³/mol. The molecule has 0 saturated carbocycles. The number of Topliss-reactive ketones (excluding diaryl/α,β-unsaturated/α-hetero) is 1. The third kappa shape index (κ3) is 2.69. The van der Waals surface area contributed by atoms with Gasteiger partial charge in [0.15, 0.2) is 5.78 Å². The van der Waals surface area contributed by atoms with E-state index in [2.05, 4.69) is 0 Å². The van der Waals surface area contributed by atoms with Crippen molar-refractivity contribution in [1.29, 1.82) is 0 Å². The molecule has 0 fully saturated rings. The van der Waals surface area contributed by atoms with Crippen LogP contribution in [0, 0.1) is 0 Å². The summed E-state index contributed by atoms with van der Waals surface area (Å²) in [6.45, 7) is 0.843. The summed E-state index contributed by atoms with van der Waals surface area (Å²) in [7, 11) is 0. The number of amides is 2. The van der Waals surface area contributed by atoms with Crippen LogP contribution in [0.15, 0.2) is 48.5 Å². The molecule has 1 heterocycles. The minimum absolute atomic E-state index is 0.103. The second-order valence-corrected chi connectivity index (χ2v) is 5.27. The quantitative estimate of drug-likeness (QED) is 0.372. The Kier molecular flexibility index (Phi) is 3.95. The van der Waals surface area contributed by atoms with Crippen molar-refractivity contribution in [2.24, 2.45) is 0 Å². The highest BCUT2D eigenvalue weighted by Gasteiger charge is 2.36. The fourth-order valence-corrected chi connectivity index (χ4v) is 2.51. The fraction of sp³-hybridized carbons (Fsp3) is 0.111. The molecular weight excluding hydrogens is 310 g/mol. The predicted octanol–water partition coefficient (Wildman–Crippen LogP) is 2.09. The Hall–Kier alpha value is -3.28. The van der Waals surface area contributed by atoms with Gasteiger partial charge >= 0.3 is 5.97 Å². The molecule has 0 aliphatic carbocycles. The van der Waals surface area contributed by atoms with Gasteiger partial charge in [-0.2, -0.15) is 0 Å². The van der Waals surface area contributed by atoms with Crippen molar-refractivity contribution in [3.8, 4) is 5.75 Å². The van der Waals surface area contributed by atoms with Crippen LogP contribution in [-0.2, 0) is 4.79 Å². The van der Waals surface area contributed by atoms with Crippen LogP contribution < -0.4 is 4.74 Å². The SMILES string of the molecule is CC(=O)c1ccccc1OC(=O)CN1C(=O)c2ccccc2C1=O. The molecule has 0 unspecified atom stereocenters. The van der Waals surface area contributed by atoms with E-state index < -0.39 is 24.3 Å². The Balaban J connectivity index is 1.77. The molecule has 0 radical (unpaired) electrons. The third-order valence-electron chi connectivity index (χ3n) is 3.66. The minimum Gasteiger partial charge on any atom is -0.424 e. The summed E-state index contributed by atoms with van der Waals surface area (Å²) in [5.41, 5.74) is 0.784. The first-order valence-electron chi connectivity index (χ1n) is 7.25. The Morgan fingerprint density at radius 1 is 0.917 bits per heavy atom. The normalized spacial score (nSPS) is 13.0. The van der Waals surface area contributed by atoms with E-state index in [1.54, 1.807) is 24.3 Å². The van der Waals surface area contributed by atoms with E-state index >= 15 is 0 Å². The zero-order valence-electron chi connectivity index (χ0n) is 12.8. The Bertz CT molecular complexity index is 836. The van der Waals surface area contributed by atoms with E-state index in [4.69, 9.17) is 4.74 Å². The van der Waals surface area contributed by atoms with Gasteiger partial charge < -0.3 is 4.74 Å². The molecule has 24 heavy (non-hydrogen) atoms. The number of nitrogens with zero attached hydrogens (tertiary/aromatic N) is 1. The molecule has 2 aromatic rings. The maximum Gasteiger partial charge on any atom is 0.331 e. The van der Waals surface area contributed by atoms with Crippen LogP contribution in [0.25, 0.3) is 0 Å². The number of rotatable bonds is 4. The van der Waals surface area contributed by atoms with Crippen LogP contribution in [0.1, 0.15) is 38.0 Å². The van der Waals surface area contributed by atoms with E-state index in [-0.39, 0.29) is 28.2 Å². The van der Waals surface area contributed by atoms with Gasteiger partial charge in [-0.15, -0.1) is 0 Å². The Labute approximate surface area is 137 Å². The molecule has 0 atom stereocenters. The summed E-state index contributed by atoms with van der Waals surface area (Å²) >= 11 is 0. The number of imide groups is 1. The second kappa shape index (κ2) is 6.08. The van der Waals surface area contributed by atoms with Crippen LogP contribution in [0.5, 0.6) is 5.75 Å². The van der Waals surface area contributed by atoms with Gasteiger partial charge in [-0.3, -0.25) is 19.3 Å². The molecule has 0 spiro atoms. The van der Waals surface area contributed by atoms with Crippen molar-refractivity contribution in [3.05, 3.63) is 65.2 Å². The van der Waals surface area contributed by atoms with Crippen molar-refractivity contribution in [2.45, 2.75) is 6.92 Å². The minimum atomic E-state index is -0.793. The number of hydrogen-bond acceptors (Lipinski definition) is 5. The fourth-order valence-electron chi connectivity index (χ4n) is 2.51. The lowest BCUT2D eigenvalue weighted by molar-refractivity contribution is -0.134. The van der Waals surface area contributed by atoms with E-state index in [1.807, 2.05) is 0 Å². The number of ketones is 1. The number of hydrogen-bond donors (Lipinski definition) is 0. The van der Waals surface area contributed by atoms with Gasteiger partial charge in [0, 0.05) is 0 Å². The van der Waals surface area contributed by atoms with Gasteiger partial charge in [0.1, 0.15) is 12.3 Å². The van der Waals surface area contributed by atoms with E-state index in [0.29, 0.717) is 0 Å². The summed E-state index contributed by atoms with van der Waals surface area (Å²) in [5, 5.41) is 0. The number of ether oxygens (including phenoxy) is 1. The Morgan fingerprint density at radius 2 is 1.46 bits per heavy atom. The van der Waals surface area contributed by atoms with Crippen molar-refractivity contribution >= 4 is 23.6 Å². The first-order chi connectivity index (χ1) is 11.5. The summed E-state index contributed by atoms with van der Waals surface area (Å²) in [4.78, 5) is 48.9. The molecule has 0 saturated heterocycles. The average Bonchev–Trinajstić information content (AvgIpc) is 2.80. The standard InChI is InChI=1S/C18H13NO5/c1-11(20)12-6-4-5-9-15(12)24-16(21)10-19-17(22)13-7-2-3-8-14(13)18(19)23/h2-9H,10H2,1H3. The van der Waals surface area contributed by atoms with Crippen LogP contribution in [-0.4, -0.2) is 35.0 Å². The van der Waals surface area contributed by atoms with Crippen LogP contribution in [0.4, 0.5) is 0 Å². The maximum atomic E-state index is 12.2. The van der Waals surface area contributed by atoms with E-state index in [0.717, 1.165) is 4.90 Å². The molecule has 6 nitrogen and oxygen atoms in total. The number of esters is 1. The van der Waals surface area contributed by atoms with Gasteiger partial charge in [0.25, 0.3) is 11.8 Å². The van der Waals surface area contributed by atoms with E-state index in [1.165, 1.54) is 31.2 Å². The zero-order valence-corrected chi connectivity index (χ0v) is 12.8. The highest BCUT2D eigenvalue weighted by Crippen LogP contribution is 2.23. The number of carbonyl (C=O) groups is 4. The van der Waals surface area contributed by atoms with Crippen molar-refractivity contribution < 1.29 is 23.9 Å². The smallest absolute Gasteiger partial charge is 0.331 e. The van der Waals surface area contributed by atoms with Crippen LogP contribution in [0.2, 0.25) is 0 Å². The van der Waals surface area contributed by atoms with E-state index in [9.17, 15) is 19.2 Å². The molecule has 0 aromatic heterocycles. The monoisotopic (exact) mass is 323 g/mol. The summed E-state index contributed by atoms with van der Waals surface area (Å²) < 4.78 is 5.16. The summed E-state index contributed by atoms with van der Waals surface area (Å²) in [6.07, 6.45) is 0. The van der Waals surface area contributed by atoms with Gasteiger partial charge in [-0.05, 0) is 31.2 Å². The largest absolute Gasteiger partial charge is 0.424 e. The molecule has 1 aliphatic rings. The molecule has 2 aromatic carbocycles. The highest BCUT2D eigenvalue weighted by molar-refractivity contribution is 6.22. The van der Waals surface area contributed by atoms with Crippen LogP contribution >= 0.6 is 0 Å². The third-order valence-corrected chi connectivity index (χ3v) is 3.66. The molecular formula is C18H13NO5. The summed E-state index contributed by atoms with van der Waals surface area (Å²) in [5.74, 6) is -2.01. The number of para-hydroxylation sites is 1. The molecule has 6 heteroatoms. The van der Waals surface area contributed by atoms with Crippen LogP contribution in [0.3, 0.4) is 0 Å². The lowest BCUT2D eigenvalue weighted by Crippen LogP contribution is -2.36. The van der Waals surface area contributed by atoms with Crippen molar-refractivity contribution in [3.63, 3.8) is 0 Å². The van der Waals surface area contributed by atoms with Gasteiger partial charge in [0.2, 0.25) is 0 Å². The number of benzene rings is 2. The maximum absolute atomic E-state index is 12.2. The molecule has 0 N–H and O–H groups in total. The number of carbonyl (C=O) groups excluding carboxylic acids is 4. The van der Waals surface area contributed by atoms with Crippen molar-refractivity contribution in [2.75, 3.05) is 6.54 Å². The molecule has 2 amide bonds. The van der Waals surface area contributed by atoms with Gasteiger partial charge in [-0.25, -0.2) is 4.79 Å². The topological polar surface area (TPSA) is 80.8 Å². The molecule has 0 bridgehead atoms. The second-order valence-electron chi connectivity index (χ2n) is 5.27. The zero-order chi connectivity index (χ0) is 17.3. The molecule has 1 aliphatic heterocycles. The first kappa shape index (κ1) is 15.6. The molecule has 120 valence electrons. The lowest BCUT2D eigenvalue weighted by atomic mass is 10.1. The molecule has 3 rings (SSSR count). The lowest BCUT2D eigenvalue weighted by Gasteiger charge is -2.13. The summed E-state index contributed by atoms with van der Waals surface area (Å²) in [6, 6.07) is 12.7. The average molecular weight is 323 g/mol. The van der Waals surface area contributed by atoms with Crippen molar-refractivity contribution in [1.82, 2.24) is 4.90 Å². The number of fused-ring (bicyclic) bond motifs is 1. The van der Waals surface area contributed by atoms with Gasteiger partial charge in [0.05, 0.1) is 16.7 Å². The highest BCUT2D eigenvalue weighted by atomic mass is 16.5. The van der Waals surface area contributed by atoms with Gasteiger partial charge in [-0.1, -0.05) is 24.3 Å². The Morgan fingerprint density at radius 3 is 2.04 bits per heavy atom.